The van der Waals surface area contributed by atoms with Gasteiger partial charge in [0.15, 0.2) is 0 Å². The molecule has 1 fully saturated rings. The van der Waals surface area contributed by atoms with Crippen LogP contribution in [0.4, 0.5) is 8.78 Å². The van der Waals surface area contributed by atoms with E-state index in [4.69, 9.17) is 4.74 Å². The molecule has 0 aromatic heterocycles. The second-order valence-electron chi connectivity index (χ2n) is 4.49. The fourth-order valence-corrected chi connectivity index (χ4v) is 2.17. The molecular weight excluding hydrogens is 238 g/mol. The van der Waals surface area contributed by atoms with E-state index in [1.807, 2.05) is 0 Å². The monoisotopic (exact) mass is 256 g/mol. The first-order valence-corrected chi connectivity index (χ1v) is 6.09. The highest BCUT2D eigenvalue weighted by atomic mass is 19.1. The normalized spacial score (nSPS) is 21.9. The molecule has 3 nitrogen and oxygen atoms in total. The predicted octanol–water partition coefficient (Wildman–Crippen LogP) is 1.91. The van der Waals surface area contributed by atoms with Crippen molar-refractivity contribution in [2.45, 2.75) is 19.1 Å². The summed E-state index contributed by atoms with van der Waals surface area (Å²) in [6, 6.07) is 2.39. The number of hydrogen-bond acceptors (Lipinski definition) is 3. The first-order chi connectivity index (χ1) is 8.63. The zero-order valence-electron chi connectivity index (χ0n) is 10.6. The van der Waals surface area contributed by atoms with Crippen molar-refractivity contribution in [1.29, 1.82) is 0 Å². The lowest BCUT2D eigenvalue weighted by atomic mass is 10.00. The minimum Gasteiger partial charge on any atom is -0.377 e. The molecule has 0 bridgehead atoms. The molecule has 1 aliphatic heterocycles. The number of hydrogen-bond donors (Lipinski definition) is 2. The van der Waals surface area contributed by atoms with Gasteiger partial charge in [0.25, 0.3) is 0 Å². The third kappa shape index (κ3) is 2.68. The summed E-state index contributed by atoms with van der Waals surface area (Å²) in [5.74, 6) is -1.04. The maximum Gasteiger partial charge on any atom is 0.131 e. The molecule has 100 valence electrons. The lowest BCUT2D eigenvalue weighted by molar-refractivity contribution is 0.119. The highest BCUT2D eigenvalue weighted by Gasteiger charge is 2.23. The zero-order chi connectivity index (χ0) is 13.1. The average Bonchev–Trinajstić information content (AvgIpc) is 2.38. The van der Waals surface area contributed by atoms with Crippen LogP contribution in [0.3, 0.4) is 0 Å². The Morgan fingerprint density at radius 3 is 2.44 bits per heavy atom. The summed E-state index contributed by atoms with van der Waals surface area (Å²) >= 11 is 0. The van der Waals surface area contributed by atoms with Gasteiger partial charge in [-0.05, 0) is 24.6 Å². The molecule has 1 aromatic rings. The Balaban J connectivity index is 2.31. The molecule has 1 aromatic carbocycles. The van der Waals surface area contributed by atoms with Gasteiger partial charge < -0.3 is 15.4 Å². The van der Waals surface area contributed by atoms with Crippen LogP contribution in [0.2, 0.25) is 0 Å². The van der Waals surface area contributed by atoms with Gasteiger partial charge in [0, 0.05) is 32.3 Å². The highest BCUT2D eigenvalue weighted by molar-refractivity contribution is 5.30. The van der Waals surface area contributed by atoms with Crippen molar-refractivity contribution in [2.75, 3.05) is 26.7 Å². The lowest BCUT2D eigenvalue weighted by Crippen LogP contribution is -2.43. The number of halogens is 2. The summed E-state index contributed by atoms with van der Waals surface area (Å²) in [6.07, 6.45) is -0.319. The third-order valence-corrected chi connectivity index (χ3v) is 3.31. The quantitative estimate of drug-likeness (QED) is 0.866. The fourth-order valence-electron chi connectivity index (χ4n) is 2.17. The van der Waals surface area contributed by atoms with Crippen LogP contribution >= 0.6 is 0 Å². The molecule has 1 heterocycles. The van der Waals surface area contributed by atoms with Crippen LogP contribution in [0.5, 0.6) is 0 Å². The molecule has 0 amide bonds. The summed E-state index contributed by atoms with van der Waals surface area (Å²) in [6.45, 7) is 3.82. The van der Waals surface area contributed by atoms with Crippen LogP contribution in [0.1, 0.15) is 30.2 Å². The molecule has 2 atom stereocenters. The second kappa shape index (κ2) is 5.73. The lowest BCUT2D eigenvalue weighted by Gasteiger charge is -2.26. The largest absolute Gasteiger partial charge is 0.377 e. The number of ether oxygens (including phenoxy) is 1. The number of rotatable bonds is 3. The van der Waals surface area contributed by atoms with Gasteiger partial charge in [-0.2, -0.15) is 0 Å². The maximum atomic E-state index is 14.0. The molecule has 0 aliphatic carbocycles. The molecule has 0 saturated carbocycles. The van der Waals surface area contributed by atoms with E-state index in [2.05, 4.69) is 10.6 Å². The van der Waals surface area contributed by atoms with Crippen molar-refractivity contribution in [3.8, 4) is 0 Å². The van der Waals surface area contributed by atoms with Crippen LogP contribution in [0, 0.1) is 11.6 Å². The van der Waals surface area contributed by atoms with Crippen LogP contribution in [0.15, 0.2) is 12.1 Å². The van der Waals surface area contributed by atoms with E-state index in [9.17, 15) is 8.78 Å². The Hall–Kier alpha value is -1.04. The van der Waals surface area contributed by atoms with Crippen LogP contribution < -0.4 is 10.6 Å². The first-order valence-electron chi connectivity index (χ1n) is 6.09. The van der Waals surface area contributed by atoms with E-state index in [1.165, 1.54) is 19.2 Å². The number of nitrogens with one attached hydrogen (secondary N) is 2. The minimum atomic E-state index is -0.518. The van der Waals surface area contributed by atoms with Gasteiger partial charge in [-0.15, -0.1) is 0 Å². The Bertz CT molecular complexity index is 396. The van der Waals surface area contributed by atoms with Gasteiger partial charge in [-0.1, -0.05) is 0 Å². The van der Waals surface area contributed by atoms with Crippen molar-refractivity contribution in [3.05, 3.63) is 34.9 Å². The number of methoxy groups -OCH3 is 1. The zero-order valence-corrected chi connectivity index (χ0v) is 10.6. The molecule has 1 aliphatic rings. The minimum absolute atomic E-state index is 0.106. The Kier molecular flexibility index (Phi) is 4.27. The van der Waals surface area contributed by atoms with Crippen molar-refractivity contribution < 1.29 is 13.5 Å². The average molecular weight is 256 g/mol. The Labute approximate surface area is 106 Å². The molecule has 2 unspecified atom stereocenters. The Morgan fingerprint density at radius 2 is 1.94 bits per heavy atom. The summed E-state index contributed by atoms with van der Waals surface area (Å²) < 4.78 is 33.1. The standard InChI is InChI=1S/C13H18F2N2O/c1-8(18-2)9-5-10(14)13(11(15)6-9)12-7-16-3-4-17-12/h5-6,8,12,16-17H,3-4,7H2,1-2H3. The third-order valence-electron chi connectivity index (χ3n) is 3.31. The van der Waals surface area contributed by atoms with Crippen molar-refractivity contribution in [1.82, 2.24) is 10.6 Å². The number of piperazine rings is 1. The van der Waals surface area contributed by atoms with E-state index >= 15 is 0 Å². The molecule has 0 radical (unpaired) electrons. The molecule has 18 heavy (non-hydrogen) atoms. The molecule has 1 saturated heterocycles. The maximum absolute atomic E-state index is 14.0. The summed E-state index contributed by atoms with van der Waals surface area (Å²) in [5, 5.41) is 6.22. The molecule has 2 N–H and O–H groups in total. The van der Waals surface area contributed by atoms with Crippen LogP contribution in [-0.2, 0) is 4.74 Å². The number of benzene rings is 1. The molecule has 5 heteroatoms. The van der Waals surface area contributed by atoms with Gasteiger partial charge in [0.2, 0.25) is 0 Å². The van der Waals surface area contributed by atoms with Crippen LogP contribution in [0.25, 0.3) is 0 Å². The predicted molar refractivity (Wildman–Crippen MR) is 65.4 cm³/mol. The molecule has 0 spiro atoms. The SMILES string of the molecule is COC(C)c1cc(F)c(C2CNCCN2)c(F)c1. The van der Waals surface area contributed by atoms with E-state index in [0.29, 0.717) is 18.7 Å². The second-order valence-corrected chi connectivity index (χ2v) is 4.49. The summed E-state index contributed by atoms with van der Waals surface area (Å²) in [7, 11) is 1.51. The van der Waals surface area contributed by atoms with E-state index in [0.717, 1.165) is 6.54 Å². The van der Waals surface area contributed by atoms with Gasteiger partial charge in [0.1, 0.15) is 11.6 Å². The topological polar surface area (TPSA) is 33.3 Å². The van der Waals surface area contributed by atoms with Gasteiger partial charge >= 0.3 is 0 Å². The van der Waals surface area contributed by atoms with Crippen molar-refractivity contribution >= 4 is 0 Å². The summed E-state index contributed by atoms with van der Waals surface area (Å²) in [5.41, 5.74) is 0.620. The van der Waals surface area contributed by atoms with Gasteiger partial charge in [-0.3, -0.25) is 0 Å². The highest BCUT2D eigenvalue weighted by Crippen LogP contribution is 2.26. The van der Waals surface area contributed by atoms with E-state index in [-0.39, 0.29) is 17.7 Å². The molecule has 2 rings (SSSR count). The van der Waals surface area contributed by atoms with Gasteiger partial charge in [0.05, 0.1) is 12.1 Å². The van der Waals surface area contributed by atoms with Crippen LogP contribution in [-0.4, -0.2) is 26.7 Å². The molecular formula is C13H18F2N2O. The fraction of sp³-hybridized carbons (Fsp3) is 0.538. The Morgan fingerprint density at radius 1 is 1.28 bits per heavy atom. The summed E-state index contributed by atoms with van der Waals surface area (Å²) in [4.78, 5) is 0. The smallest absolute Gasteiger partial charge is 0.131 e. The first kappa shape index (κ1) is 13.4. The van der Waals surface area contributed by atoms with Crippen molar-refractivity contribution in [3.63, 3.8) is 0 Å². The van der Waals surface area contributed by atoms with Crippen molar-refractivity contribution in [2.24, 2.45) is 0 Å². The van der Waals surface area contributed by atoms with E-state index in [1.54, 1.807) is 6.92 Å². The van der Waals surface area contributed by atoms with Gasteiger partial charge in [-0.25, -0.2) is 8.78 Å². The van der Waals surface area contributed by atoms with E-state index < -0.39 is 11.6 Å².